The second-order valence-corrected chi connectivity index (χ2v) is 8.55. The Morgan fingerprint density at radius 2 is 1.93 bits per heavy atom. The summed E-state index contributed by atoms with van der Waals surface area (Å²) >= 11 is 0. The first-order valence-electron chi connectivity index (χ1n) is 9.26. The van der Waals surface area contributed by atoms with Crippen LogP contribution in [0.5, 0.6) is 0 Å². The highest BCUT2D eigenvalue weighted by molar-refractivity contribution is 7.88. The van der Waals surface area contributed by atoms with Gasteiger partial charge >= 0.3 is 0 Å². The highest BCUT2D eigenvalue weighted by atomic mass is 32.2. The summed E-state index contributed by atoms with van der Waals surface area (Å²) in [6.07, 6.45) is 5.00. The van der Waals surface area contributed by atoms with E-state index in [1.165, 1.54) is 16.6 Å². The minimum atomic E-state index is -3.19. The molecule has 1 N–H and O–H groups in total. The third kappa shape index (κ3) is 5.77. The third-order valence-electron chi connectivity index (χ3n) is 4.45. The van der Waals surface area contributed by atoms with Crippen LogP contribution < -0.4 is 5.32 Å². The molecule has 7 nitrogen and oxygen atoms in total. The van der Waals surface area contributed by atoms with Crippen LogP contribution in [0.1, 0.15) is 30.3 Å². The summed E-state index contributed by atoms with van der Waals surface area (Å²) in [6, 6.07) is 9.83. The number of rotatable bonds is 9. The number of hydrogen-bond acceptors (Lipinski definition) is 4. The van der Waals surface area contributed by atoms with E-state index in [-0.39, 0.29) is 5.91 Å². The van der Waals surface area contributed by atoms with Gasteiger partial charge in [0.2, 0.25) is 15.9 Å². The van der Waals surface area contributed by atoms with Crippen LogP contribution >= 0.6 is 0 Å². The zero-order valence-electron chi connectivity index (χ0n) is 16.8. The number of carbonyl (C=O) groups excluding carboxylic acids is 1. The maximum atomic E-state index is 12.1. The van der Waals surface area contributed by atoms with Crippen molar-refractivity contribution in [2.75, 3.05) is 25.9 Å². The predicted octanol–water partition coefficient (Wildman–Crippen LogP) is 2.29. The molecule has 2 rings (SSSR count). The van der Waals surface area contributed by atoms with Crippen LogP contribution in [0, 0.1) is 13.8 Å². The number of sulfonamides is 1. The molecule has 0 bridgehead atoms. The molecule has 1 heterocycles. The summed E-state index contributed by atoms with van der Waals surface area (Å²) < 4.78 is 26.3. The molecule has 0 atom stereocenters. The molecule has 0 saturated carbocycles. The van der Waals surface area contributed by atoms with Gasteiger partial charge in [-0.2, -0.15) is 5.10 Å². The van der Waals surface area contributed by atoms with Gasteiger partial charge in [0, 0.05) is 37.0 Å². The Bertz CT molecular complexity index is 934. The highest BCUT2D eigenvalue weighted by Crippen LogP contribution is 2.19. The van der Waals surface area contributed by atoms with E-state index in [2.05, 4.69) is 10.4 Å². The van der Waals surface area contributed by atoms with Crippen LogP contribution in [0.4, 0.5) is 0 Å². The lowest BCUT2D eigenvalue weighted by molar-refractivity contribution is -0.116. The SMILES string of the molecule is CCN(CCCNC(=O)C=Cc1c(C)nn(-c2ccccc2)c1C)S(C)(=O)=O. The third-order valence-corrected chi connectivity index (χ3v) is 5.83. The summed E-state index contributed by atoms with van der Waals surface area (Å²) in [5.41, 5.74) is 3.68. The molecule has 0 aliphatic heterocycles. The summed E-state index contributed by atoms with van der Waals surface area (Å²) in [7, 11) is -3.19. The molecule has 2 aromatic rings. The Morgan fingerprint density at radius 1 is 1.25 bits per heavy atom. The monoisotopic (exact) mass is 404 g/mol. The van der Waals surface area contributed by atoms with Gasteiger partial charge in [-0.3, -0.25) is 4.79 Å². The van der Waals surface area contributed by atoms with Crippen LogP contribution in [0.25, 0.3) is 11.8 Å². The van der Waals surface area contributed by atoms with Crippen molar-refractivity contribution in [1.29, 1.82) is 0 Å². The maximum Gasteiger partial charge on any atom is 0.244 e. The molecule has 152 valence electrons. The van der Waals surface area contributed by atoms with Gasteiger partial charge in [-0.05, 0) is 38.5 Å². The summed E-state index contributed by atoms with van der Waals surface area (Å²) in [5.74, 6) is -0.214. The first-order valence-corrected chi connectivity index (χ1v) is 11.1. The van der Waals surface area contributed by atoms with E-state index >= 15 is 0 Å². The van der Waals surface area contributed by atoms with Gasteiger partial charge in [0.1, 0.15) is 0 Å². The molecule has 0 spiro atoms. The van der Waals surface area contributed by atoms with Crippen molar-refractivity contribution in [2.24, 2.45) is 0 Å². The number of aromatic nitrogens is 2. The molecule has 8 heteroatoms. The molecule has 0 saturated heterocycles. The molecule has 1 aromatic carbocycles. The smallest absolute Gasteiger partial charge is 0.244 e. The molecule has 28 heavy (non-hydrogen) atoms. The van der Waals surface area contributed by atoms with E-state index in [0.717, 1.165) is 22.6 Å². The van der Waals surface area contributed by atoms with Crippen molar-refractivity contribution in [1.82, 2.24) is 19.4 Å². The first kappa shape index (κ1) is 21.8. The second-order valence-electron chi connectivity index (χ2n) is 6.56. The zero-order chi connectivity index (χ0) is 20.7. The number of carbonyl (C=O) groups is 1. The van der Waals surface area contributed by atoms with Crippen LogP contribution in [-0.2, 0) is 14.8 Å². The number of aryl methyl sites for hydroxylation is 1. The lowest BCUT2D eigenvalue weighted by Crippen LogP contribution is -2.33. The minimum Gasteiger partial charge on any atom is -0.353 e. The van der Waals surface area contributed by atoms with Gasteiger partial charge in [-0.1, -0.05) is 25.1 Å². The normalized spacial score (nSPS) is 12.0. The van der Waals surface area contributed by atoms with E-state index in [1.807, 2.05) is 48.9 Å². The number of hydrogen-bond donors (Lipinski definition) is 1. The summed E-state index contributed by atoms with van der Waals surface area (Å²) in [6.45, 7) is 6.90. The molecule has 1 aromatic heterocycles. The number of nitrogens with zero attached hydrogens (tertiary/aromatic N) is 3. The van der Waals surface area contributed by atoms with Gasteiger partial charge < -0.3 is 5.32 Å². The maximum absolute atomic E-state index is 12.1. The van der Waals surface area contributed by atoms with Crippen LogP contribution in [0.2, 0.25) is 0 Å². The number of para-hydroxylation sites is 1. The van der Waals surface area contributed by atoms with Crippen LogP contribution in [-0.4, -0.2) is 54.3 Å². The van der Waals surface area contributed by atoms with Gasteiger partial charge in [0.25, 0.3) is 0 Å². The van der Waals surface area contributed by atoms with Gasteiger partial charge in [0.15, 0.2) is 0 Å². The van der Waals surface area contributed by atoms with Crippen molar-refractivity contribution >= 4 is 22.0 Å². The topological polar surface area (TPSA) is 84.3 Å². The lowest BCUT2D eigenvalue weighted by atomic mass is 10.2. The molecule has 0 aliphatic rings. The minimum absolute atomic E-state index is 0.214. The van der Waals surface area contributed by atoms with Crippen LogP contribution in [0.3, 0.4) is 0 Å². The fourth-order valence-electron chi connectivity index (χ4n) is 2.96. The second kappa shape index (κ2) is 9.66. The molecular weight excluding hydrogens is 376 g/mol. The Hall–Kier alpha value is -2.45. The highest BCUT2D eigenvalue weighted by Gasteiger charge is 2.13. The van der Waals surface area contributed by atoms with Crippen LogP contribution in [0.15, 0.2) is 36.4 Å². The van der Waals surface area contributed by atoms with E-state index in [9.17, 15) is 13.2 Å². The standard InChI is InChI=1S/C20H28N4O3S/c1-5-23(28(4,26)27)15-9-14-21-20(25)13-12-19-16(2)22-24(17(19)3)18-10-7-6-8-11-18/h6-8,10-13H,5,9,14-15H2,1-4H3,(H,21,25). The average Bonchev–Trinajstić information content (AvgIpc) is 2.93. The first-order chi connectivity index (χ1) is 13.2. The summed E-state index contributed by atoms with van der Waals surface area (Å²) in [5, 5.41) is 7.34. The van der Waals surface area contributed by atoms with Crippen molar-refractivity contribution in [3.05, 3.63) is 53.4 Å². The van der Waals surface area contributed by atoms with E-state index in [0.29, 0.717) is 26.1 Å². The van der Waals surface area contributed by atoms with Crippen molar-refractivity contribution < 1.29 is 13.2 Å². The van der Waals surface area contributed by atoms with Crippen molar-refractivity contribution in [3.8, 4) is 5.69 Å². The van der Waals surface area contributed by atoms with E-state index in [1.54, 1.807) is 13.0 Å². The fraction of sp³-hybridized carbons (Fsp3) is 0.400. The van der Waals surface area contributed by atoms with Gasteiger partial charge in [-0.15, -0.1) is 0 Å². The average molecular weight is 405 g/mol. The molecular formula is C20H28N4O3S. The van der Waals surface area contributed by atoms with Gasteiger partial charge in [0.05, 0.1) is 17.6 Å². The predicted molar refractivity (Wildman–Crippen MR) is 112 cm³/mol. The van der Waals surface area contributed by atoms with E-state index in [4.69, 9.17) is 0 Å². The molecule has 0 aliphatic carbocycles. The summed E-state index contributed by atoms with van der Waals surface area (Å²) in [4.78, 5) is 12.1. The van der Waals surface area contributed by atoms with E-state index < -0.39 is 10.0 Å². The molecule has 0 unspecified atom stereocenters. The zero-order valence-corrected chi connectivity index (χ0v) is 17.7. The largest absolute Gasteiger partial charge is 0.353 e. The van der Waals surface area contributed by atoms with Crippen molar-refractivity contribution in [3.63, 3.8) is 0 Å². The Balaban J connectivity index is 1.93. The number of benzene rings is 1. The quantitative estimate of drug-likeness (QED) is 0.513. The molecule has 0 radical (unpaired) electrons. The Kier molecular flexibility index (Phi) is 7.53. The number of amides is 1. The Labute approximate surface area is 167 Å². The number of nitrogens with one attached hydrogen (secondary N) is 1. The molecule has 1 amide bonds. The lowest BCUT2D eigenvalue weighted by Gasteiger charge is -2.17. The van der Waals surface area contributed by atoms with Crippen molar-refractivity contribution in [2.45, 2.75) is 27.2 Å². The molecule has 0 fully saturated rings. The van der Waals surface area contributed by atoms with Gasteiger partial charge in [-0.25, -0.2) is 17.4 Å². The Morgan fingerprint density at radius 3 is 2.54 bits per heavy atom. The fourth-order valence-corrected chi connectivity index (χ4v) is 3.89.